The molecule has 2 aromatic carbocycles. The van der Waals surface area contributed by atoms with Crippen molar-refractivity contribution in [2.75, 3.05) is 17.7 Å². The van der Waals surface area contributed by atoms with Crippen molar-refractivity contribution >= 4 is 23.2 Å². The summed E-state index contributed by atoms with van der Waals surface area (Å²) in [5.74, 6) is 0.838. The van der Waals surface area contributed by atoms with E-state index < -0.39 is 0 Å². The van der Waals surface area contributed by atoms with E-state index in [2.05, 4.69) is 20.6 Å². The maximum atomic E-state index is 12.6. The van der Waals surface area contributed by atoms with Crippen molar-refractivity contribution in [1.82, 2.24) is 9.97 Å². The Bertz CT molecular complexity index is 903. The van der Waals surface area contributed by atoms with Gasteiger partial charge in [0.15, 0.2) is 0 Å². The monoisotopic (exact) mass is 348 g/mol. The maximum absolute atomic E-state index is 12.6. The highest BCUT2D eigenvalue weighted by Gasteiger charge is 2.12. The molecule has 26 heavy (non-hydrogen) atoms. The first-order valence-corrected chi connectivity index (χ1v) is 8.18. The van der Waals surface area contributed by atoms with E-state index in [4.69, 9.17) is 4.74 Å². The fourth-order valence-corrected chi connectivity index (χ4v) is 2.54. The van der Waals surface area contributed by atoms with Crippen LogP contribution in [0, 0.1) is 13.8 Å². The molecule has 1 aromatic heterocycles. The smallest absolute Gasteiger partial charge is 0.274 e. The van der Waals surface area contributed by atoms with Gasteiger partial charge >= 0.3 is 0 Å². The summed E-state index contributed by atoms with van der Waals surface area (Å²) in [5.41, 5.74) is 3.91. The molecule has 3 aromatic rings. The molecule has 132 valence electrons. The van der Waals surface area contributed by atoms with E-state index in [-0.39, 0.29) is 5.91 Å². The second-order valence-electron chi connectivity index (χ2n) is 5.84. The lowest BCUT2D eigenvalue weighted by atomic mass is 10.1. The fourth-order valence-electron chi connectivity index (χ4n) is 2.54. The average molecular weight is 348 g/mol. The topological polar surface area (TPSA) is 76.1 Å². The van der Waals surface area contributed by atoms with Crippen molar-refractivity contribution in [3.05, 3.63) is 71.5 Å². The second kappa shape index (κ2) is 7.65. The minimum absolute atomic E-state index is 0.275. The van der Waals surface area contributed by atoms with Crippen LogP contribution in [0.1, 0.15) is 21.6 Å². The largest absolute Gasteiger partial charge is 0.497 e. The molecule has 0 unspecified atom stereocenters. The first kappa shape index (κ1) is 17.4. The molecule has 0 fully saturated rings. The number of methoxy groups -OCH3 is 1. The van der Waals surface area contributed by atoms with Gasteiger partial charge in [0.25, 0.3) is 5.91 Å². The molecule has 1 amide bonds. The summed E-state index contributed by atoms with van der Waals surface area (Å²) in [5, 5.41) is 6.01. The summed E-state index contributed by atoms with van der Waals surface area (Å²) in [6.07, 6.45) is 1.55. The number of carbonyl (C=O) groups excluding carboxylic acids is 1. The molecular formula is C20H20N4O2. The van der Waals surface area contributed by atoms with Crippen molar-refractivity contribution in [3.63, 3.8) is 0 Å². The van der Waals surface area contributed by atoms with Gasteiger partial charge in [0, 0.05) is 17.6 Å². The lowest BCUT2D eigenvalue weighted by molar-refractivity contribution is 0.102. The van der Waals surface area contributed by atoms with Crippen LogP contribution in [0.25, 0.3) is 0 Å². The van der Waals surface area contributed by atoms with Crippen LogP contribution in [-0.2, 0) is 0 Å². The van der Waals surface area contributed by atoms with Crippen molar-refractivity contribution in [3.8, 4) is 5.75 Å². The van der Waals surface area contributed by atoms with E-state index in [0.29, 0.717) is 11.6 Å². The summed E-state index contributed by atoms with van der Waals surface area (Å²) < 4.78 is 5.13. The van der Waals surface area contributed by atoms with Gasteiger partial charge in [-0.3, -0.25) is 4.79 Å². The lowest BCUT2D eigenvalue weighted by Crippen LogP contribution is -2.16. The van der Waals surface area contributed by atoms with E-state index in [9.17, 15) is 4.79 Å². The number of anilines is 3. The van der Waals surface area contributed by atoms with Crippen LogP contribution < -0.4 is 15.4 Å². The standard InChI is InChI=1S/C20H20N4O2/c1-13-5-4-6-14(2)18(13)24-19(25)17-11-12-21-20(23-17)22-15-7-9-16(26-3)10-8-15/h4-12H,1-3H3,(H,24,25)(H,21,22,23). The summed E-state index contributed by atoms with van der Waals surface area (Å²) >= 11 is 0. The summed E-state index contributed by atoms with van der Waals surface area (Å²) in [6, 6.07) is 14.8. The molecule has 3 rings (SSSR count). The zero-order valence-corrected chi connectivity index (χ0v) is 14.9. The Kier molecular flexibility index (Phi) is 5.12. The van der Waals surface area contributed by atoms with E-state index in [1.807, 2.05) is 56.3 Å². The molecule has 0 aliphatic heterocycles. The third-order valence-electron chi connectivity index (χ3n) is 3.95. The number of carbonyl (C=O) groups is 1. The van der Waals surface area contributed by atoms with Crippen LogP contribution in [0.15, 0.2) is 54.7 Å². The van der Waals surface area contributed by atoms with Gasteiger partial charge in [-0.15, -0.1) is 0 Å². The Balaban J connectivity index is 1.76. The molecule has 0 saturated heterocycles. The molecule has 1 heterocycles. The Morgan fingerprint density at radius 3 is 2.35 bits per heavy atom. The number of rotatable bonds is 5. The Morgan fingerprint density at radius 1 is 1.00 bits per heavy atom. The molecule has 0 atom stereocenters. The van der Waals surface area contributed by atoms with Gasteiger partial charge in [-0.25, -0.2) is 9.97 Å². The fraction of sp³-hybridized carbons (Fsp3) is 0.150. The normalized spacial score (nSPS) is 10.3. The molecule has 0 saturated carbocycles. The number of nitrogens with zero attached hydrogens (tertiary/aromatic N) is 2. The predicted molar refractivity (Wildman–Crippen MR) is 102 cm³/mol. The number of aryl methyl sites for hydroxylation is 2. The average Bonchev–Trinajstić information content (AvgIpc) is 2.65. The highest BCUT2D eigenvalue weighted by atomic mass is 16.5. The number of hydrogen-bond donors (Lipinski definition) is 2. The quantitative estimate of drug-likeness (QED) is 0.726. The number of para-hydroxylation sites is 1. The van der Waals surface area contributed by atoms with Crippen molar-refractivity contribution in [2.45, 2.75) is 13.8 Å². The van der Waals surface area contributed by atoms with Crippen LogP contribution >= 0.6 is 0 Å². The van der Waals surface area contributed by atoms with E-state index >= 15 is 0 Å². The van der Waals surface area contributed by atoms with Crippen molar-refractivity contribution < 1.29 is 9.53 Å². The minimum atomic E-state index is -0.275. The van der Waals surface area contributed by atoms with Crippen LogP contribution in [-0.4, -0.2) is 23.0 Å². The van der Waals surface area contributed by atoms with Gasteiger partial charge in [0.2, 0.25) is 5.95 Å². The first-order chi connectivity index (χ1) is 12.6. The third-order valence-corrected chi connectivity index (χ3v) is 3.95. The van der Waals surface area contributed by atoms with Crippen molar-refractivity contribution in [2.24, 2.45) is 0 Å². The second-order valence-corrected chi connectivity index (χ2v) is 5.84. The zero-order valence-electron chi connectivity index (χ0n) is 14.9. The van der Waals surface area contributed by atoms with Crippen LogP contribution in [0.4, 0.5) is 17.3 Å². The molecule has 0 aliphatic carbocycles. The van der Waals surface area contributed by atoms with Crippen LogP contribution in [0.5, 0.6) is 5.75 Å². The molecule has 0 bridgehead atoms. The van der Waals surface area contributed by atoms with E-state index in [1.165, 1.54) is 0 Å². The molecule has 2 N–H and O–H groups in total. The molecule has 0 aliphatic rings. The maximum Gasteiger partial charge on any atom is 0.274 e. The Hall–Kier alpha value is -3.41. The SMILES string of the molecule is COc1ccc(Nc2nccc(C(=O)Nc3c(C)cccc3C)n2)cc1. The molecule has 0 spiro atoms. The lowest BCUT2D eigenvalue weighted by Gasteiger charge is -2.11. The zero-order chi connectivity index (χ0) is 18.5. The van der Waals surface area contributed by atoms with Gasteiger partial charge in [-0.2, -0.15) is 0 Å². The number of hydrogen-bond acceptors (Lipinski definition) is 5. The van der Waals surface area contributed by atoms with Gasteiger partial charge < -0.3 is 15.4 Å². The highest BCUT2D eigenvalue weighted by molar-refractivity contribution is 6.03. The Morgan fingerprint density at radius 2 is 1.69 bits per heavy atom. The van der Waals surface area contributed by atoms with Gasteiger partial charge in [0.1, 0.15) is 11.4 Å². The summed E-state index contributed by atoms with van der Waals surface area (Å²) in [6.45, 7) is 3.92. The van der Waals surface area contributed by atoms with Gasteiger partial charge in [-0.1, -0.05) is 18.2 Å². The number of amides is 1. The molecule has 6 nitrogen and oxygen atoms in total. The summed E-state index contributed by atoms with van der Waals surface area (Å²) in [4.78, 5) is 21.0. The van der Waals surface area contributed by atoms with E-state index in [1.54, 1.807) is 19.4 Å². The number of benzene rings is 2. The van der Waals surface area contributed by atoms with E-state index in [0.717, 1.165) is 28.3 Å². The Labute approximate surface area is 152 Å². The first-order valence-electron chi connectivity index (χ1n) is 8.18. The van der Waals surface area contributed by atoms with Gasteiger partial charge in [0.05, 0.1) is 7.11 Å². The van der Waals surface area contributed by atoms with Gasteiger partial charge in [-0.05, 0) is 55.3 Å². The number of ether oxygens (including phenoxy) is 1. The predicted octanol–water partition coefficient (Wildman–Crippen LogP) is 4.10. The van der Waals surface area contributed by atoms with Crippen LogP contribution in [0.2, 0.25) is 0 Å². The minimum Gasteiger partial charge on any atom is -0.497 e. The molecular weight excluding hydrogens is 328 g/mol. The molecule has 6 heteroatoms. The summed E-state index contributed by atoms with van der Waals surface area (Å²) in [7, 11) is 1.61. The number of aromatic nitrogens is 2. The third kappa shape index (κ3) is 3.97. The molecule has 0 radical (unpaired) electrons. The van der Waals surface area contributed by atoms with Crippen molar-refractivity contribution in [1.29, 1.82) is 0 Å². The van der Waals surface area contributed by atoms with Crippen LogP contribution in [0.3, 0.4) is 0 Å². The highest BCUT2D eigenvalue weighted by Crippen LogP contribution is 2.21. The number of nitrogens with one attached hydrogen (secondary N) is 2.